The SMILES string of the molecule is CCNc1nc(NC2CCCC(C)C2C)c(Cl)cc1Cl. The van der Waals surface area contributed by atoms with Crippen LogP contribution in [-0.4, -0.2) is 17.6 Å². The molecular formula is C15H23Cl2N3. The predicted octanol–water partition coefficient (Wildman–Crippen LogP) is 5.06. The van der Waals surface area contributed by atoms with E-state index in [0.29, 0.717) is 27.8 Å². The van der Waals surface area contributed by atoms with Crippen LogP contribution in [0.25, 0.3) is 0 Å². The average Bonchev–Trinajstić information content (AvgIpc) is 2.40. The first-order valence-electron chi connectivity index (χ1n) is 7.39. The minimum absolute atomic E-state index is 0.430. The highest BCUT2D eigenvalue weighted by atomic mass is 35.5. The summed E-state index contributed by atoms with van der Waals surface area (Å²) in [6.45, 7) is 7.42. The highest BCUT2D eigenvalue weighted by Gasteiger charge is 2.27. The van der Waals surface area contributed by atoms with Gasteiger partial charge in [-0.05, 0) is 31.2 Å². The summed E-state index contributed by atoms with van der Waals surface area (Å²) in [7, 11) is 0. The van der Waals surface area contributed by atoms with Gasteiger partial charge in [0.1, 0.15) is 11.6 Å². The number of pyridine rings is 1. The van der Waals surface area contributed by atoms with E-state index < -0.39 is 0 Å². The van der Waals surface area contributed by atoms with Crippen molar-refractivity contribution >= 4 is 34.8 Å². The third kappa shape index (κ3) is 3.50. The predicted molar refractivity (Wildman–Crippen MR) is 88.0 cm³/mol. The third-order valence-corrected chi connectivity index (χ3v) is 4.88. The van der Waals surface area contributed by atoms with E-state index in [9.17, 15) is 0 Å². The minimum atomic E-state index is 0.430. The van der Waals surface area contributed by atoms with Gasteiger partial charge in [-0.1, -0.05) is 49.9 Å². The van der Waals surface area contributed by atoms with Crippen LogP contribution in [-0.2, 0) is 0 Å². The Morgan fingerprint density at radius 1 is 1.20 bits per heavy atom. The van der Waals surface area contributed by atoms with Crippen LogP contribution in [0, 0.1) is 11.8 Å². The van der Waals surface area contributed by atoms with E-state index in [4.69, 9.17) is 23.2 Å². The Hall–Kier alpha value is -0.670. The van der Waals surface area contributed by atoms with Gasteiger partial charge in [-0.15, -0.1) is 0 Å². The van der Waals surface area contributed by atoms with E-state index in [-0.39, 0.29) is 0 Å². The van der Waals surface area contributed by atoms with Gasteiger partial charge in [0.25, 0.3) is 0 Å². The molecule has 0 saturated heterocycles. The molecule has 2 rings (SSSR count). The Labute approximate surface area is 131 Å². The van der Waals surface area contributed by atoms with Crippen molar-refractivity contribution in [1.82, 2.24) is 4.98 Å². The van der Waals surface area contributed by atoms with Gasteiger partial charge in [0.05, 0.1) is 10.0 Å². The van der Waals surface area contributed by atoms with Crippen molar-refractivity contribution in [3.05, 3.63) is 16.1 Å². The zero-order chi connectivity index (χ0) is 14.7. The molecule has 3 nitrogen and oxygen atoms in total. The van der Waals surface area contributed by atoms with Gasteiger partial charge < -0.3 is 10.6 Å². The van der Waals surface area contributed by atoms with Crippen LogP contribution in [0.15, 0.2) is 6.07 Å². The Morgan fingerprint density at radius 3 is 2.60 bits per heavy atom. The lowest BCUT2D eigenvalue weighted by atomic mass is 9.78. The summed E-state index contributed by atoms with van der Waals surface area (Å²) in [6, 6.07) is 2.19. The smallest absolute Gasteiger partial charge is 0.147 e. The molecule has 1 fully saturated rings. The second-order valence-electron chi connectivity index (χ2n) is 5.70. The van der Waals surface area contributed by atoms with Gasteiger partial charge in [-0.2, -0.15) is 0 Å². The molecule has 2 N–H and O–H groups in total. The first-order chi connectivity index (χ1) is 9.52. The lowest BCUT2D eigenvalue weighted by molar-refractivity contribution is 0.253. The van der Waals surface area contributed by atoms with E-state index in [0.717, 1.165) is 18.3 Å². The van der Waals surface area contributed by atoms with Crippen molar-refractivity contribution in [1.29, 1.82) is 0 Å². The zero-order valence-corrected chi connectivity index (χ0v) is 13.9. The van der Waals surface area contributed by atoms with Crippen LogP contribution in [0.3, 0.4) is 0 Å². The van der Waals surface area contributed by atoms with Crippen molar-refractivity contribution in [3.63, 3.8) is 0 Å². The highest BCUT2D eigenvalue weighted by Crippen LogP contribution is 2.34. The maximum atomic E-state index is 6.27. The summed E-state index contributed by atoms with van der Waals surface area (Å²) in [4.78, 5) is 4.53. The monoisotopic (exact) mass is 315 g/mol. The second kappa shape index (κ2) is 6.86. The van der Waals surface area contributed by atoms with Crippen LogP contribution < -0.4 is 10.6 Å². The molecule has 1 aliphatic rings. The normalized spacial score (nSPS) is 26.4. The second-order valence-corrected chi connectivity index (χ2v) is 6.51. The lowest BCUT2D eigenvalue weighted by Gasteiger charge is -2.35. The largest absolute Gasteiger partial charge is 0.369 e. The van der Waals surface area contributed by atoms with E-state index in [1.807, 2.05) is 6.92 Å². The summed E-state index contributed by atoms with van der Waals surface area (Å²) >= 11 is 12.4. The summed E-state index contributed by atoms with van der Waals surface area (Å²) in [5.74, 6) is 2.79. The number of halogens is 2. The molecule has 0 bridgehead atoms. The summed E-state index contributed by atoms with van der Waals surface area (Å²) < 4.78 is 0. The highest BCUT2D eigenvalue weighted by molar-refractivity contribution is 6.37. The van der Waals surface area contributed by atoms with Gasteiger partial charge in [-0.25, -0.2) is 4.98 Å². The molecule has 3 atom stereocenters. The Bertz CT molecular complexity index is 465. The zero-order valence-electron chi connectivity index (χ0n) is 12.3. The molecule has 1 saturated carbocycles. The molecule has 1 aromatic heterocycles. The Balaban J connectivity index is 2.17. The molecule has 3 unspecified atom stereocenters. The van der Waals surface area contributed by atoms with Gasteiger partial charge in [0, 0.05) is 12.6 Å². The number of hydrogen-bond acceptors (Lipinski definition) is 3. The van der Waals surface area contributed by atoms with Gasteiger partial charge >= 0.3 is 0 Å². The summed E-state index contributed by atoms with van der Waals surface area (Å²) in [6.07, 6.45) is 3.74. The average molecular weight is 316 g/mol. The molecule has 1 aliphatic carbocycles. The number of hydrogen-bond donors (Lipinski definition) is 2. The Kier molecular flexibility index (Phi) is 5.39. The van der Waals surface area contributed by atoms with Crippen LogP contribution >= 0.6 is 23.2 Å². The molecule has 20 heavy (non-hydrogen) atoms. The fourth-order valence-corrected chi connectivity index (χ4v) is 3.30. The molecule has 1 aromatic rings. The van der Waals surface area contributed by atoms with Crippen molar-refractivity contribution in [2.45, 2.75) is 46.1 Å². The van der Waals surface area contributed by atoms with E-state index in [1.54, 1.807) is 6.07 Å². The first-order valence-corrected chi connectivity index (χ1v) is 8.15. The van der Waals surface area contributed by atoms with Crippen molar-refractivity contribution in [3.8, 4) is 0 Å². The number of nitrogens with one attached hydrogen (secondary N) is 2. The third-order valence-electron chi connectivity index (χ3n) is 4.30. The van der Waals surface area contributed by atoms with Crippen LogP contribution in [0.1, 0.15) is 40.0 Å². The maximum absolute atomic E-state index is 6.27. The standard InChI is InChI=1S/C15H23Cl2N3/c1-4-18-14-11(16)8-12(17)15(20-14)19-13-7-5-6-9(2)10(13)3/h8-10,13H,4-7H2,1-3H3,(H2,18,19,20). The van der Waals surface area contributed by atoms with Crippen molar-refractivity contribution < 1.29 is 0 Å². The molecule has 0 amide bonds. The van der Waals surface area contributed by atoms with Crippen LogP contribution in [0.4, 0.5) is 11.6 Å². The molecular weight excluding hydrogens is 293 g/mol. The van der Waals surface area contributed by atoms with Gasteiger partial charge in [0.2, 0.25) is 0 Å². The molecule has 0 radical (unpaired) electrons. The maximum Gasteiger partial charge on any atom is 0.147 e. The fourth-order valence-electron chi connectivity index (χ4n) is 2.82. The molecule has 0 spiro atoms. The first kappa shape index (κ1) is 15.7. The number of anilines is 2. The van der Waals surface area contributed by atoms with E-state index in [2.05, 4.69) is 29.5 Å². The molecule has 0 aromatic carbocycles. The molecule has 0 aliphatic heterocycles. The number of aromatic nitrogens is 1. The van der Waals surface area contributed by atoms with Crippen LogP contribution in [0.5, 0.6) is 0 Å². The number of rotatable bonds is 4. The van der Waals surface area contributed by atoms with E-state index in [1.165, 1.54) is 19.3 Å². The number of nitrogens with zero attached hydrogens (tertiary/aromatic N) is 1. The van der Waals surface area contributed by atoms with Gasteiger partial charge in [0.15, 0.2) is 0 Å². The fraction of sp³-hybridized carbons (Fsp3) is 0.667. The molecule has 5 heteroatoms. The van der Waals surface area contributed by atoms with Crippen molar-refractivity contribution in [2.75, 3.05) is 17.2 Å². The summed E-state index contributed by atoms with van der Waals surface area (Å²) in [5, 5.41) is 7.82. The van der Waals surface area contributed by atoms with Crippen LogP contribution in [0.2, 0.25) is 10.0 Å². The molecule has 1 heterocycles. The quantitative estimate of drug-likeness (QED) is 0.815. The summed E-state index contributed by atoms with van der Waals surface area (Å²) in [5.41, 5.74) is 0. The van der Waals surface area contributed by atoms with Gasteiger partial charge in [-0.3, -0.25) is 0 Å². The topological polar surface area (TPSA) is 37.0 Å². The lowest BCUT2D eigenvalue weighted by Crippen LogP contribution is -2.35. The minimum Gasteiger partial charge on any atom is -0.369 e. The van der Waals surface area contributed by atoms with Crippen molar-refractivity contribution in [2.24, 2.45) is 11.8 Å². The van der Waals surface area contributed by atoms with E-state index >= 15 is 0 Å². The molecule has 112 valence electrons. The Morgan fingerprint density at radius 2 is 1.90 bits per heavy atom.